The third-order valence-electron chi connectivity index (χ3n) is 1.29. The van der Waals surface area contributed by atoms with Gasteiger partial charge in [0.1, 0.15) is 6.04 Å². The Kier molecular flexibility index (Phi) is 10.4. The fourth-order valence-corrected chi connectivity index (χ4v) is 0.799. The molecule has 1 atom stereocenters. The van der Waals surface area contributed by atoms with Crippen LogP contribution in [0.15, 0.2) is 0 Å². The van der Waals surface area contributed by atoms with E-state index in [-0.39, 0.29) is 36.3 Å². The molecule has 0 aromatic carbocycles. The maximum Gasteiger partial charge on any atom is 0.326 e. The molecule has 1 aliphatic heterocycles. The van der Waals surface area contributed by atoms with Crippen LogP contribution >= 0.6 is 0 Å². The Balaban J connectivity index is -0.000000270. The smallest absolute Gasteiger partial charge is 0.326 e. The van der Waals surface area contributed by atoms with Crippen molar-refractivity contribution in [1.29, 1.82) is 0 Å². The summed E-state index contributed by atoms with van der Waals surface area (Å²) in [6.45, 7) is 0. The molecular weight excluding hydrogens is 219 g/mol. The SMILES string of the molecule is O.O.O=C1CCC(C(=O)O)N1.[Zn]. The van der Waals surface area contributed by atoms with Crippen molar-refractivity contribution in [3.05, 3.63) is 0 Å². The fraction of sp³-hybridized carbons (Fsp3) is 0.600. The second-order valence-electron chi connectivity index (χ2n) is 2.00. The van der Waals surface area contributed by atoms with E-state index in [4.69, 9.17) is 5.11 Å². The molecule has 1 amide bonds. The summed E-state index contributed by atoms with van der Waals surface area (Å²) in [5.74, 6) is -1.11. The molecule has 0 aromatic rings. The largest absolute Gasteiger partial charge is 0.480 e. The monoisotopic (exact) mass is 229 g/mol. The van der Waals surface area contributed by atoms with Crippen LogP contribution in [0.25, 0.3) is 0 Å². The first-order valence-corrected chi connectivity index (χ1v) is 2.72. The van der Waals surface area contributed by atoms with Gasteiger partial charge in [-0.25, -0.2) is 4.79 Å². The van der Waals surface area contributed by atoms with E-state index in [1.165, 1.54) is 0 Å². The summed E-state index contributed by atoms with van der Waals surface area (Å²) in [4.78, 5) is 20.5. The Labute approximate surface area is 81.7 Å². The molecule has 1 fully saturated rings. The topological polar surface area (TPSA) is 129 Å². The molecule has 0 radical (unpaired) electrons. The van der Waals surface area contributed by atoms with E-state index in [1.54, 1.807) is 0 Å². The maximum atomic E-state index is 10.4. The van der Waals surface area contributed by atoms with Crippen molar-refractivity contribution >= 4 is 11.9 Å². The molecule has 0 spiro atoms. The molecule has 1 rings (SSSR count). The molecule has 68 valence electrons. The summed E-state index contributed by atoms with van der Waals surface area (Å²) in [5, 5.41) is 10.6. The van der Waals surface area contributed by atoms with Crippen LogP contribution in [0.5, 0.6) is 0 Å². The van der Waals surface area contributed by atoms with Crippen molar-refractivity contribution in [2.24, 2.45) is 0 Å². The molecule has 1 saturated heterocycles. The van der Waals surface area contributed by atoms with Crippen LogP contribution in [0.3, 0.4) is 0 Å². The fourth-order valence-electron chi connectivity index (χ4n) is 0.799. The van der Waals surface area contributed by atoms with Crippen molar-refractivity contribution in [3.8, 4) is 0 Å². The van der Waals surface area contributed by atoms with E-state index in [2.05, 4.69) is 5.32 Å². The molecule has 0 aliphatic carbocycles. The van der Waals surface area contributed by atoms with Crippen LogP contribution in [0.1, 0.15) is 12.8 Å². The first kappa shape index (κ1) is 17.5. The molecule has 7 heteroatoms. The Morgan fingerprint density at radius 1 is 1.50 bits per heavy atom. The van der Waals surface area contributed by atoms with Gasteiger partial charge in [-0.1, -0.05) is 0 Å². The standard InChI is InChI=1S/C5H7NO3.2H2O.Zn/c7-4-2-1-3(6-4)5(8)9;;;/h3H,1-2H2,(H,6,7)(H,8,9);2*1H2;. The van der Waals surface area contributed by atoms with Gasteiger partial charge in [0, 0.05) is 25.9 Å². The van der Waals surface area contributed by atoms with Gasteiger partial charge in [-0.15, -0.1) is 0 Å². The van der Waals surface area contributed by atoms with Crippen LogP contribution in [0.2, 0.25) is 0 Å². The molecule has 12 heavy (non-hydrogen) atoms. The number of carbonyl (C=O) groups excluding carboxylic acids is 1. The Morgan fingerprint density at radius 3 is 2.17 bits per heavy atom. The molecule has 1 heterocycles. The molecule has 1 aliphatic rings. The number of aliphatic carboxylic acids is 1. The molecular formula is C5H11NO5Zn. The van der Waals surface area contributed by atoms with E-state index in [0.717, 1.165) is 0 Å². The van der Waals surface area contributed by atoms with Crippen LogP contribution in [0.4, 0.5) is 0 Å². The number of hydrogen-bond acceptors (Lipinski definition) is 2. The second kappa shape index (κ2) is 7.15. The summed E-state index contributed by atoms with van der Waals surface area (Å²) in [6, 6.07) is -0.641. The number of hydrogen-bond donors (Lipinski definition) is 2. The van der Waals surface area contributed by atoms with E-state index in [0.29, 0.717) is 12.8 Å². The average molecular weight is 231 g/mol. The number of amides is 1. The maximum absolute atomic E-state index is 10.4. The van der Waals surface area contributed by atoms with Crippen molar-refractivity contribution in [2.45, 2.75) is 18.9 Å². The van der Waals surface area contributed by atoms with E-state index in [1.807, 2.05) is 0 Å². The van der Waals surface area contributed by atoms with Gasteiger partial charge in [0.15, 0.2) is 0 Å². The van der Waals surface area contributed by atoms with Crippen molar-refractivity contribution in [2.75, 3.05) is 0 Å². The van der Waals surface area contributed by atoms with E-state index in [9.17, 15) is 9.59 Å². The van der Waals surface area contributed by atoms with Gasteiger partial charge >= 0.3 is 5.97 Å². The third kappa shape index (κ3) is 4.38. The van der Waals surface area contributed by atoms with Crippen LogP contribution in [-0.2, 0) is 29.1 Å². The first-order chi connectivity index (χ1) is 4.20. The van der Waals surface area contributed by atoms with Gasteiger partial charge in [-0.05, 0) is 6.42 Å². The number of nitrogens with one attached hydrogen (secondary N) is 1. The minimum atomic E-state index is -0.944. The normalized spacial score (nSPS) is 19.3. The molecule has 0 bridgehead atoms. The summed E-state index contributed by atoms with van der Waals surface area (Å²) < 4.78 is 0. The quantitative estimate of drug-likeness (QED) is 0.491. The van der Waals surface area contributed by atoms with Crippen LogP contribution < -0.4 is 5.32 Å². The minimum absolute atomic E-state index is 0. The molecule has 6 N–H and O–H groups in total. The zero-order valence-corrected chi connectivity index (χ0v) is 9.43. The van der Waals surface area contributed by atoms with Crippen molar-refractivity contribution in [3.63, 3.8) is 0 Å². The minimum Gasteiger partial charge on any atom is -0.480 e. The van der Waals surface area contributed by atoms with E-state index < -0.39 is 12.0 Å². The predicted octanol–water partition coefficient (Wildman–Crippen LogP) is -2.30. The second-order valence-corrected chi connectivity index (χ2v) is 2.00. The Morgan fingerprint density at radius 2 is 2.00 bits per heavy atom. The molecule has 0 saturated carbocycles. The van der Waals surface area contributed by atoms with Gasteiger partial charge in [-0.2, -0.15) is 0 Å². The summed E-state index contributed by atoms with van der Waals surface area (Å²) in [7, 11) is 0. The van der Waals surface area contributed by atoms with Crippen molar-refractivity contribution in [1.82, 2.24) is 5.32 Å². The van der Waals surface area contributed by atoms with Gasteiger partial charge in [0.25, 0.3) is 0 Å². The Hall–Kier alpha value is -0.517. The Bertz CT molecular complexity index is 162. The zero-order valence-electron chi connectivity index (χ0n) is 6.46. The number of carboxylic acid groups (broad SMARTS) is 1. The summed E-state index contributed by atoms with van der Waals surface area (Å²) >= 11 is 0. The zero-order chi connectivity index (χ0) is 6.85. The molecule has 0 aromatic heterocycles. The number of rotatable bonds is 1. The molecule has 1 unspecified atom stereocenters. The molecule has 6 nitrogen and oxygen atoms in total. The van der Waals surface area contributed by atoms with E-state index >= 15 is 0 Å². The van der Waals surface area contributed by atoms with Crippen molar-refractivity contribution < 1.29 is 45.1 Å². The van der Waals surface area contributed by atoms with Gasteiger partial charge in [0.05, 0.1) is 0 Å². The van der Waals surface area contributed by atoms with Gasteiger partial charge < -0.3 is 21.4 Å². The summed E-state index contributed by atoms with van der Waals surface area (Å²) in [5.41, 5.74) is 0. The third-order valence-corrected chi connectivity index (χ3v) is 1.29. The van der Waals surface area contributed by atoms with Gasteiger partial charge in [-0.3, -0.25) is 4.79 Å². The summed E-state index contributed by atoms with van der Waals surface area (Å²) in [6.07, 6.45) is 0.769. The average Bonchev–Trinajstić information content (AvgIpc) is 2.14. The van der Waals surface area contributed by atoms with Crippen LogP contribution in [-0.4, -0.2) is 34.0 Å². The predicted molar refractivity (Wildman–Crippen MR) is 36.0 cm³/mol. The number of carbonyl (C=O) groups is 2. The first-order valence-electron chi connectivity index (χ1n) is 2.72. The number of carboxylic acids is 1. The van der Waals surface area contributed by atoms with Gasteiger partial charge in [0.2, 0.25) is 5.91 Å². The van der Waals surface area contributed by atoms with Crippen LogP contribution in [0, 0.1) is 0 Å².